The van der Waals surface area contributed by atoms with Crippen molar-refractivity contribution in [2.24, 2.45) is 5.73 Å². The van der Waals surface area contributed by atoms with E-state index in [0.29, 0.717) is 12.6 Å². The third kappa shape index (κ3) is 7.71. The second-order valence-corrected chi connectivity index (χ2v) is 5.09. The number of rotatable bonds is 10. The number of methoxy groups -OCH3 is 1. The first-order chi connectivity index (χ1) is 7.96. The smallest absolute Gasteiger partial charge is 0.0741 e. The molecule has 104 valence electrons. The molecule has 0 radical (unpaired) electrons. The van der Waals surface area contributed by atoms with Crippen molar-refractivity contribution in [1.82, 2.24) is 4.90 Å². The molecule has 4 heteroatoms. The fourth-order valence-corrected chi connectivity index (χ4v) is 1.78. The summed E-state index contributed by atoms with van der Waals surface area (Å²) >= 11 is 0. The van der Waals surface area contributed by atoms with E-state index in [2.05, 4.69) is 18.7 Å². The predicted octanol–water partition coefficient (Wildman–Crippen LogP) is 1.22. The average molecular weight is 246 g/mol. The van der Waals surface area contributed by atoms with Crippen LogP contribution in [-0.4, -0.2) is 55.0 Å². The van der Waals surface area contributed by atoms with Crippen LogP contribution in [0.2, 0.25) is 0 Å². The van der Waals surface area contributed by atoms with E-state index < -0.39 is 5.60 Å². The van der Waals surface area contributed by atoms with Crippen molar-refractivity contribution in [3.63, 3.8) is 0 Å². The van der Waals surface area contributed by atoms with E-state index >= 15 is 0 Å². The number of hydrogen-bond donors (Lipinski definition) is 2. The van der Waals surface area contributed by atoms with Gasteiger partial charge >= 0.3 is 0 Å². The number of ether oxygens (including phenoxy) is 1. The summed E-state index contributed by atoms with van der Waals surface area (Å²) in [5, 5.41) is 9.84. The third-order valence-corrected chi connectivity index (χ3v) is 3.40. The Balaban J connectivity index is 3.98. The molecule has 0 aliphatic rings. The molecule has 0 saturated carbocycles. The van der Waals surface area contributed by atoms with Gasteiger partial charge in [-0.05, 0) is 39.7 Å². The molecule has 0 aromatic heterocycles. The molecule has 0 aliphatic heterocycles. The quantitative estimate of drug-likeness (QED) is 0.608. The minimum atomic E-state index is -0.720. The van der Waals surface area contributed by atoms with Crippen LogP contribution >= 0.6 is 0 Å². The lowest BCUT2D eigenvalue weighted by molar-refractivity contribution is 0.0503. The van der Waals surface area contributed by atoms with E-state index in [0.717, 1.165) is 39.0 Å². The number of aliphatic hydroxyl groups is 1. The molecular formula is C13H30N2O2. The van der Waals surface area contributed by atoms with Gasteiger partial charge in [0, 0.05) is 26.2 Å². The molecule has 0 saturated heterocycles. The Hall–Kier alpha value is -0.160. The maximum Gasteiger partial charge on any atom is 0.0741 e. The summed E-state index contributed by atoms with van der Waals surface area (Å²) in [7, 11) is 1.73. The maximum atomic E-state index is 9.84. The van der Waals surface area contributed by atoms with Gasteiger partial charge in [0.15, 0.2) is 0 Å². The summed E-state index contributed by atoms with van der Waals surface area (Å²) in [5.41, 5.74) is 4.79. The highest BCUT2D eigenvalue weighted by molar-refractivity contribution is 4.75. The molecule has 0 fully saturated rings. The molecule has 0 aliphatic carbocycles. The van der Waals surface area contributed by atoms with Crippen LogP contribution in [0, 0.1) is 0 Å². The first-order valence-electron chi connectivity index (χ1n) is 6.62. The van der Waals surface area contributed by atoms with Crippen LogP contribution < -0.4 is 5.73 Å². The molecule has 0 spiro atoms. The van der Waals surface area contributed by atoms with E-state index in [-0.39, 0.29) is 0 Å². The largest absolute Gasteiger partial charge is 0.389 e. The van der Waals surface area contributed by atoms with Crippen LogP contribution in [0.25, 0.3) is 0 Å². The predicted molar refractivity (Wildman–Crippen MR) is 72.1 cm³/mol. The van der Waals surface area contributed by atoms with Crippen molar-refractivity contribution in [2.75, 3.05) is 33.4 Å². The lowest BCUT2D eigenvalue weighted by Gasteiger charge is -2.29. The molecule has 0 amide bonds. The molecule has 0 heterocycles. The maximum absolute atomic E-state index is 9.84. The monoisotopic (exact) mass is 246 g/mol. The Morgan fingerprint density at radius 1 is 1.41 bits per heavy atom. The molecule has 2 unspecified atom stereocenters. The Kier molecular flexibility index (Phi) is 8.78. The molecule has 0 bridgehead atoms. The summed E-state index contributed by atoms with van der Waals surface area (Å²) < 4.78 is 5.12. The van der Waals surface area contributed by atoms with E-state index in [9.17, 15) is 5.11 Å². The standard InChI is InChI=1S/C13H30N2O2/c1-5-12(2)15(9-10-17-4)8-6-7-13(3,16)11-14/h12,16H,5-11,14H2,1-4H3. The van der Waals surface area contributed by atoms with E-state index in [1.165, 1.54) is 0 Å². The van der Waals surface area contributed by atoms with Crippen LogP contribution in [-0.2, 0) is 4.74 Å². The Labute approximate surface area is 106 Å². The van der Waals surface area contributed by atoms with Crippen LogP contribution in [0.4, 0.5) is 0 Å². The van der Waals surface area contributed by atoms with Gasteiger partial charge < -0.3 is 15.6 Å². The van der Waals surface area contributed by atoms with Crippen LogP contribution in [0.5, 0.6) is 0 Å². The van der Waals surface area contributed by atoms with E-state index in [1.807, 2.05) is 0 Å². The van der Waals surface area contributed by atoms with E-state index in [4.69, 9.17) is 10.5 Å². The van der Waals surface area contributed by atoms with Gasteiger partial charge in [0.25, 0.3) is 0 Å². The zero-order valence-electron chi connectivity index (χ0n) is 11.9. The van der Waals surface area contributed by atoms with Gasteiger partial charge in [0.1, 0.15) is 0 Å². The molecule has 4 nitrogen and oxygen atoms in total. The van der Waals surface area contributed by atoms with Crippen molar-refractivity contribution >= 4 is 0 Å². The normalized spacial score (nSPS) is 17.1. The molecule has 3 N–H and O–H groups in total. The Bertz CT molecular complexity index is 186. The topological polar surface area (TPSA) is 58.7 Å². The van der Waals surface area contributed by atoms with Crippen molar-refractivity contribution < 1.29 is 9.84 Å². The van der Waals surface area contributed by atoms with Gasteiger partial charge in [0.05, 0.1) is 12.2 Å². The van der Waals surface area contributed by atoms with Crippen molar-refractivity contribution in [2.45, 2.75) is 51.7 Å². The van der Waals surface area contributed by atoms with Gasteiger partial charge in [-0.2, -0.15) is 0 Å². The summed E-state index contributed by atoms with van der Waals surface area (Å²) in [6, 6.07) is 0.563. The molecule has 2 atom stereocenters. The molecule has 0 rings (SSSR count). The zero-order valence-corrected chi connectivity index (χ0v) is 11.9. The van der Waals surface area contributed by atoms with Gasteiger partial charge in [0.2, 0.25) is 0 Å². The van der Waals surface area contributed by atoms with Crippen molar-refractivity contribution in [1.29, 1.82) is 0 Å². The van der Waals surface area contributed by atoms with Gasteiger partial charge in [-0.15, -0.1) is 0 Å². The SMILES string of the molecule is CCC(C)N(CCCC(C)(O)CN)CCOC. The highest BCUT2D eigenvalue weighted by Crippen LogP contribution is 2.12. The Morgan fingerprint density at radius 2 is 2.06 bits per heavy atom. The highest BCUT2D eigenvalue weighted by Gasteiger charge is 2.19. The lowest BCUT2D eigenvalue weighted by atomic mass is 10.0. The molecular weight excluding hydrogens is 216 g/mol. The summed E-state index contributed by atoms with van der Waals surface area (Å²) in [5.74, 6) is 0. The average Bonchev–Trinajstić information content (AvgIpc) is 2.32. The lowest BCUT2D eigenvalue weighted by Crippen LogP contribution is -2.38. The number of nitrogens with two attached hydrogens (primary N) is 1. The molecule has 0 aromatic carbocycles. The summed E-state index contributed by atoms with van der Waals surface area (Å²) in [4.78, 5) is 2.41. The molecule has 17 heavy (non-hydrogen) atoms. The van der Waals surface area contributed by atoms with Gasteiger partial charge in [-0.3, -0.25) is 4.90 Å². The van der Waals surface area contributed by atoms with Crippen LogP contribution in [0.15, 0.2) is 0 Å². The van der Waals surface area contributed by atoms with Crippen molar-refractivity contribution in [3.05, 3.63) is 0 Å². The fourth-order valence-electron chi connectivity index (χ4n) is 1.78. The zero-order chi connectivity index (χ0) is 13.3. The first kappa shape index (κ1) is 16.8. The second-order valence-electron chi connectivity index (χ2n) is 5.09. The first-order valence-corrected chi connectivity index (χ1v) is 6.62. The number of hydrogen-bond acceptors (Lipinski definition) is 4. The third-order valence-electron chi connectivity index (χ3n) is 3.40. The highest BCUT2D eigenvalue weighted by atomic mass is 16.5. The summed E-state index contributed by atoms with van der Waals surface area (Å²) in [6.45, 7) is 9.27. The minimum Gasteiger partial charge on any atom is -0.389 e. The van der Waals surface area contributed by atoms with Crippen molar-refractivity contribution in [3.8, 4) is 0 Å². The van der Waals surface area contributed by atoms with Gasteiger partial charge in [-0.1, -0.05) is 6.92 Å². The molecule has 0 aromatic rings. The van der Waals surface area contributed by atoms with Crippen LogP contribution in [0.1, 0.15) is 40.0 Å². The minimum absolute atomic E-state index is 0.328. The number of nitrogens with zero attached hydrogens (tertiary/aromatic N) is 1. The Morgan fingerprint density at radius 3 is 2.53 bits per heavy atom. The van der Waals surface area contributed by atoms with Gasteiger partial charge in [-0.25, -0.2) is 0 Å². The van der Waals surface area contributed by atoms with Crippen LogP contribution in [0.3, 0.4) is 0 Å². The summed E-state index contributed by atoms with van der Waals surface area (Å²) in [6.07, 6.45) is 2.86. The fraction of sp³-hybridized carbons (Fsp3) is 1.00. The second kappa shape index (κ2) is 8.86. The van der Waals surface area contributed by atoms with E-state index in [1.54, 1.807) is 14.0 Å².